The Morgan fingerprint density at radius 2 is 1.93 bits per heavy atom. The number of nitrogens with one attached hydrogen (secondary N) is 4. The van der Waals surface area contributed by atoms with Gasteiger partial charge in [0.1, 0.15) is 23.0 Å². The number of hydrogen-bond acceptors (Lipinski definition) is 8. The van der Waals surface area contributed by atoms with Crippen LogP contribution in [-0.4, -0.2) is 73.0 Å². The first-order chi connectivity index (χ1) is 20.0. The van der Waals surface area contributed by atoms with Crippen LogP contribution in [0, 0.1) is 5.82 Å². The van der Waals surface area contributed by atoms with E-state index in [1.807, 2.05) is 36.0 Å². The molecular weight excluding hydrogens is 539 g/mol. The molecule has 0 saturated heterocycles. The molecule has 11 nitrogen and oxygen atoms in total. The number of H-pyrrole nitrogens is 1. The molecule has 0 bridgehead atoms. The number of likely N-dealkylation sites (N-methyl/N-ethyl adjacent to an activating group) is 1. The van der Waals surface area contributed by atoms with Crippen molar-refractivity contribution in [1.29, 1.82) is 0 Å². The van der Waals surface area contributed by atoms with Crippen LogP contribution in [0.25, 0.3) is 11.0 Å². The van der Waals surface area contributed by atoms with Gasteiger partial charge >= 0.3 is 0 Å². The van der Waals surface area contributed by atoms with E-state index in [-0.39, 0.29) is 35.1 Å². The number of anilines is 5. The van der Waals surface area contributed by atoms with Gasteiger partial charge in [-0.1, -0.05) is 19.9 Å². The van der Waals surface area contributed by atoms with E-state index in [0.29, 0.717) is 34.8 Å². The SMILES string of the molecule is CNC(=O)c1c(F)cccc1Nc1nc(Nc2cc3c(cc2OC)C(C)(C)CCN3C(=O)CN(C)C)nc2[nH]ccc12. The van der Waals surface area contributed by atoms with Gasteiger partial charge in [-0.2, -0.15) is 9.97 Å². The van der Waals surface area contributed by atoms with Gasteiger partial charge in [-0.25, -0.2) is 4.39 Å². The zero-order chi connectivity index (χ0) is 30.2. The molecule has 1 aliphatic heterocycles. The molecule has 0 spiro atoms. The normalized spacial score (nSPS) is 14.0. The summed E-state index contributed by atoms with van der Waals surface area (Å²) in [7, 11) is 6.77. The molecule has 4 N–H and O–H groups in total. The monoisotopic (exact) mass is 574 g/mol. The summed E-state index contributed by atoms with van der Waals surface area (Å²) in [6.45, 7) is 5.20. The van der Waals surface area contributed by atoms with Crippen molar-refractivity contribution >= 4 is 51.7 Å². The van der Waals surface area contributed by atoms with Crippen molar-refractivity contribution in [3.8, 4) is 5.75 Å². The largest absolute Gasteiger partial charge is 0.495 e. The van der Waals surface area contributed by atoms with Crippen molar-refractivity contribution in [2.75, 3.05) is 56.9 Å². The molecule has 2 amide bonds. The van der Waals surface area contributed by atoms with Gasteiger partial charge in [0.05, 0.1) is 36.0 Å². The average Bonchev–Trinajstić information content (AvgIpc) is 3.41. The van der Waals surface area contributed by atoms with Crippen molar-refractivity contribution in [3.05, 3.63) is 59.5 Å². The molecule has 0 radical (unpaired) electrons. The number of benzene rings is 2. The fourth-order valence-electron chi connectivity index (χ4n) is 5.19. The van der Waals surface area contributed by atoms with Crippen LogP contribution < -0.4 is 25.6 Å². The maximum absolute atomic E-state index is 14.6. The first-order valence-corrected chi connectivity index (χ1v) is 13.6. The highest BCUT2D eigenvalue weighted by molar-refractivity contribution is 6.02. The highest BCUT2D eigenvalue weighted by atomic mass is 19.1. The van der Waals surface area contributed by atoms with Gasteiger partial charge in [0, 0.05) is 25.5 Å². The lowest BCUT2D eigenvalue weighted by atomic mass is 9.77. The quantitative estimate of drug-likeness (QED) is 0.242. The zero-order valence-electron chi connectivity index (χ0n) is 24.6. The first-order valence-electron chi connectivity index (χ1n) is 13.6. The van der Waals surface area contributed by atoms with Crippen molar-refractivity contribution in [2.45, 2.75) is 25.7 Å². The standard InChI is InChI=1S/C30H35FN8O3/c1-30(2)11-13-39(24(40)16-38(4)5)22-15-21(23(42-6)14-18(22)30)35-29-36-26-17(10-12-33-26)27(37-29)34-20-9-7-8-19(31)25(20)28(41)32-3/h7-10,12,14-15H,11,13,16H2,1-6H3,(H,32,41)(H3,33,34,35,36,37). The van der Waals surface area contributed by atoms with Crippen LogP contribution in [0.15, 0.2) is 42.6 Å². The van der Waals surface area contributed by atoms with Gasteiger partial charge in [0.25, 0.3) is 5.91 Å². The second-order valence-electron chi connectivity index (χ2n) is 11.1. The number of aromatic amines is 1. The van der Waals surface area contributed by atoms with Crippen molar-refractivity contribution in [2.24, 2.45) is 0 Å². The number of carbonyl (C=O) groups is 2. The van der Waals surface area contributed by atoms with E-state index in [1.165, 1.54) is 19.2 Å². The van der Waals surface area contributed by atoms with Crippen LogP contribution in [0.1, 0.15) is 36.2 Å². The van der Waals surface area contributed by atoms with Gasteiger partial charge in [0.2, 0.25) is 11.9 Å². The van der Waals surface area contributed by atoms with Crippen molar-refractivity contribution in [1.82, 2.24) is 25.2 Å². The molecule has 220 valence electrons. The molecule has 0 fully saturated rings. The Bertz CT molecular complexity index is 1670. The number of nitrogens with zero attached hydrogens (tertiary/aromatic N) is 4. The number of amides is 2. The predicted molar refractivity (Wildman–Crippen MR) is 162 cm³/mol. The molecule has 12 heteroatoms. The molecule has 3 heterocycles. The maximum Gasteiger partial charge on any atom is 0.256 e. The smallest absolute Gasteiger partial charge is 0.256 e. The lowest BCUT2D eigenvalue weighted by Crippen LogP contribution is -2.44. The summed E-state index contributed by atoms with van der Waals surface area (Å²) in [5.74, 6) is -0.0633. The fraction of sp³-hybridized carbons (Fsp3) is 0.333. The van der Waals surface area contributed by atoms with Crippen LogP contribution in [0.5, 0.6) is 5.75 Å². The number of ether oxygens (including phenoxy) is 1. The van der Waals surface area contributed by atoms with Crippen molar-refractivity contribution in [3.63, 3.8) is 0 Å². The minimum atomic E-state index is -0.660. The second kappa shape index (κ2) is 11.3. The Balaban J connectivity index is 1.57. The molecular formula is C30H35FN8O3. The molecule has 2 aromatic carbocycles. The summed E-state index contributed by atoms with van der Waals surface area (Å²) >= 11 is 0. The Morgan fingerprint density at radius 3 is 2.64 bits per heavy atom. The van der Waals surface area contributed by atoms with E-state index >= 15 is 0 Å². The third-order valence-corrected chi connectivity index (χ3v) is 7.43. The average molecular weight is 575 g/mol. The number of carbonyl (C=O) groups excluding carboxylic acids is 2. The minimum Gasteiger partial charge on any atom is -0.495 e. The Morgan fingerprint density at radius 1 is 1.14 bits per heavy atom. The number of aromatic nitrogens is 3. The Hall–Kier alpha value is -4.71. The fourth-order valence-corrected chi connectivity index (χ4v) is 5.19. The van der Waals surface area contributed by atoms with E-state index < -0.39 is 11.7 Å². The molecule has 0 unspecified atom stereocenters. The lowest BCUT2D eigenvalue weighted by Gasteiger charge is -2.40. The first kappa shape index (κ1) is 28.8. The van der Waals surface area contributed by atoms with Gasteiger partial charge in [-0.15, -0.1) is 0 Å². The molecule has 0 aliphatic carbocycles. The third kappa shape index (κ3) is 5.45. The Kier molecular flexibility index (Phi) is 7.74. The summed E-state index contributed by atoms with van der Waals surface area (Å²) in [5.41, 5.74) is 2.87. The van der Waals surface area contributed by atoms with Crippen LogP contribution in [0.4, 0.5) is 33.2 Å². The highest BCUT2D eigenvalue weighted by Crippen LogP contribution is 2.45. The molecule has 1 aliphatic rings. The lowest BCUT2D eigenvalue weighted by molar-refractivity contribution is -0.119. The topological polar surface area (TPSA) is 128 Å². The predicted octanol–water partition coefficient (Wildman–Crippen LogP) is 4.53. The van der Waals surface area contributed by atoms with Crippen molar-refractivity contribution < 1.29 is 18.7 Å². The van der Waals surface area contributed by atoms with Gasteiger partial charge in [-0.3, -0.25) is 9.59 Å². The maximum atomic E-state index is 14.6. The highest BCUT2D eigenvalue weighted by Gasteiger charge is 2.35. The number of hydrogen-bond donors (Lipinski definition) is 4. The summed E-state index contributed by atoms with van der Waals surface area (Å²) in [6, 6.07) is 9.99. The second-order valence-corrected chi connectivity index (χ2v) is 11.1. The van der Waals surface area contributed by atoms with Crippen LogP contribution in [0.3, 0.4) is 0 Å². The van der Waals surface area contributed by atoms with E-state index in [1.54, 1.807) is 25.4 Å². The minimum absolute atomic E-state index is 0.00502. The molecule has 42 heavy (non-hydrogen) atoms. The van der Waals surface area contributed by atoms with E-state index in [4.69, 9.17) is 4.74 Å². The molecule has 4 aromatic rings. The van der Waals surface area contributed by atoms with Gasteiger partial charge in [-0.05, 0) is 61.8 Å². The van der Waals surface area contributed by atoms with Crippen LogP contribution >= 0.6 is 0 Å². The third-order valence-electron chi connectivity index (χ3n) is 7.43. The number of rotatable bonds is 8. The molecule has 2 aromatic heterocycles. The number of halogens is 1. The van der Waals surface area contributed by atoms with Gasteiger partial charge in [0.15, 0.2) is 0 Å². The number of methoxy groups -OCH3 is 1. The zero-order valence-corrected chi connectivity index (χ0v) is 24.6. The molecule has 0 atom stereocenters. The summed E-state index contributed by atoms with van der Waals surface area (Å²) in [6.07, 6.45) is 2.53. The van der Waals surface area contributed by atoms with E-state index in [2.05, 4.69) is 44.7 Å². The molecule has 5 rings (SSSR count). The van der Waals surface area contributed by atoms with Crippen LogP contribution in [-0.2, 0) is 10.2 Å². The molecule has 0 saturated carbocycles. The van der Waals surface area contributed by atoms with E-state index in [0.717, 1.165) is 17.7 Å². The van der Waals surface area contributed by atoms with Gasteiger partial charge < -0.3 is 35.5 Å². The summed E-state index contributed by atoms with van der Waals surface area (Å²) in [4.78, 5) is 41.7. The van der Waals surface area contributed by atoms with E-state index in [9.17, 15) is 14.0 Å². The summed E-state index contributed by atoms with van der Waals surface area (Å²) < 4.78 is 20.4. The number of fused-ring (bicyclic) bond motifs is 2. The Labute approximate surface area is 243 Å². The van der Waals surface area contributed by atoms with Crippen LogP contribution in [0.2, 0.25) is 0 Å². The summed E-state index contributed by atoms with van der Waals surface area (Å²) in [5, 5.41) is 9.49.